The van der Waals surface area contributed by atoms with Crippen LogP contribution in [0.4, 0.5) is 10.5 Å². The zero-order valence-corrected chi connectivity index (χ0v) is 21.1. The molecule has 2 unspecified atom stereocenters. The Morgan fingerprint density at radius 2 is 1.66 bits per heavy atom. The number of rotatable bonds is 4. The number of hydrogen-bond donors (Lipinski definition) is 0. The third-order valence-corrected chi connectivity index (χ3v) is 9.25. The fourth-order valence-corrected chi connectivity index (χ4v) is 7.16. The lowest BCUT2D eigenvalue weighted by atomic mass is 9.88. The quantitative estimate of drug-likeness (QED) is 0.578. The van der Waals surface area contributed by atoms with Gasteiger partial charge in [0.25, 0.3) is 0 Å². The molecular weight excluding hydrogens is 434 g/mol. The summed E-state index contributed by atoms with van der Waals surface area (Å²) in [6.07, 6.45) is 6.45. The zero-order chi connectivity index (χ0) is 23.8. The maximum Gasteiger partial charge on any atom is 0.410 e. The summed E-state index contributed by atoms with van der Waals surface area (Å²) in [6.45, 7) is 8.88. The van der Waals surface area contributed by atoms with Crippen LogP contribution in [0, 0.1) is 5.92 Å². The number of amides is 1. The molecular formula is C30H39N3O2. The second-order valence-electron chi connectivity index (χ2n) is 11.1. The molecule has 4 aliphatic rings. The molecule has 2 aliphatic heterocycles. The van der Waals surface area contributed by atoms with E-state index in [0.29, 0.717) is 24.4 Å². The summed E-state index contributed by atoms with van der Waals surface area (Å²) in [4.78, 5) is 20.2. The minimum Gasteiger partial charge on any atom is -0.445 e. The van der Waals surface area contributed by atoms with Gasteiger partial charge in [-0.2, -0.15) is 0 Å². The summed E-state index contributed by atoms with van der Waals surface area (Å²) >= 11 is 0. The lowest BCUT2D eigenvalue weighted by Gasteiger charge is -2.39. The van der Waals surface area contributed by atoms with E-state index < -0.39 is 0 Å². The van der Waals surface area contributed by atoms with E-state index in [1.807, 2.05) is 35.2 Å². The van der Waals surface area contributed by atoms with E-state index >= 15 is 0 Å². The number of piperazine rings is 1. The van der Waals surface area contributed by atoms with Gasteiger partial charge in [-0.05, 0) is 59.9 Å². The van der Waals surface area contributed by atoms with Gasteiger partial charge in [-0.1, -0.05) is 56.2 Å². The summed E-state index contributed by atoms with van der Waals surface area (Å²) in [5, 5.41) is 0. The molecule has 2 aliphatic carbocycles. The van der Waals surface area contributed by atoms with E-state index in [2.05, 4.69) is 34.9 Å². The van der Waals surface area contributed by atoms with Crippen LogP contribution in [-0.4, -0.2) is 61.2 Å². The molecule has 1 amide bonds. The van der Waals surface area contributed by atoms with Crippen molar-refractivity contribution in [2.75, 3.05) is 44.2 Å². The van der Waals surface area contributed by atoms with Gasteiger partial charge in [0.05, 0.1) is 0 Å². The number of carbonyl (C=O) groups excluding carboxylic acids is 1. The first-order chi connectivity index (χ1) is 17.2. The van der Waals surface area contributed by atoms with Crippen molar-refractivity contribution < 1.29 is 9.53 Å². The average Bonchev–Trinajstić information content (AvgIpc) is 3.47. The van der Waals surface area contributed by atoms with Gasteiger partial charge in [0.1, 0.15) is 6.61 Å². The van der Waals surface area contributed by atoms with Crippen LogP contribution in [-0.2, 0) is 11.3 Å². The van der Waals surface area contributed by atoms with Crippen molar-refractivity contribution in [1.82, 2.24) is 9.80 Å². The molecule has 0 spiro atoms. The van der Waals surface area contributed by atoms with Crippen molar-refractivity contribution in [2.24, 2.45) is 5.92 Å². The van der Waals surface area contributed by atoms with E-state index in [0.717, 1.165) is 44.2 Å². The van der Waals surface area contributed by atoms with Gasteiger partial charge >= 0.3 is 6.09 Å². The average molecular weight is 474 g/mol. The summed E-state index contributed by atoms with van der Waals surface area (Å²) < 4.78 is 5.70. The molecule has 5 nitrogen and oxygen atoms in total. The minimum atomic E-state index is -0.172. The van der Waals surface area contributed by atoms with E-state index in [1.54, 1.807) is 0 Å². The van der Waals surface area contributed by atoms with Crippen molar-refractivity contribution in [2.45, 2.75) is 63.5 Å². The summed E-state index contributed by atoms with van der Waals surface area (Å²) in [5.74, 6) is 1.49. The Morgan fingerprint density at radius 3 is 2.43 bits per heavy atom. The standard InChI is InChI=1S/C30H39N3O2/c1-22-26-13-14-33(30(34)35-21-23-7-3-2-4-8-23)20-29(22)28-19-25(11-12-27(26)28)32-17-15-31(16-18-32)24-9-5-6-10-24/h2-4,7-8,11-12,19,22,24,26,29H,5-6,9-10,13-18,20-21H2,1H3/t22-,26?,29?/m0/s1. The molecule has 2 aromatic rings. The third-order valence-electron chi connectivity index (χ3n) is 9.25. The summed E-state index contributed by atoms with van der Waals surface area (Å²) in [5.41, 5.74) is 5.40. The van der Waals surface area contributed by atoms with Crippen LogP contribution >= 0.6 is 0 Å². The van der Waals surface area contributed by atoms with Crippen LogP contribution in [0.15, 0.2) is 48.5 Å². The first kappa shape index (κ1) is 22.9. The Kier molecular flexibility index (Phi) is 6.44. The highest BCUT2D eigenvalue weighted by atomic mass is 16.6. The SMILES string of the molecule is C[C@H]1C2CCN(C(=O)OCc3ccccc3)CC1c1cc(N3CCN(C4CCCC4)CC3)ccc12. The van der Waals surface area contributed by atoms with Gasteiger partial charge in [0.2, 0.25) is 0 Å². The molecule has 6 rings (SSSR count). The number of likely N-dealkylation sites (tertiary alicyclic amines) is 1. The number of carbonyl (C=O) groups is 1. The molecule has 2 aromatic carbocycles. The summed E-state index contributed by atoms with van der Waals surface area (Å²) in [6, 6.07) is 18.0. The van der Waals surface area contributed by atoms with Gasteiger partial charge in [-0.25, -0.2) is 4.79 Å². The molecule has 2 heterocycles. The minimum absolute atomic E-state index is 0.172. The highest BCUT2D eigenvalue weighted by Crippen LogP contribution is 2.51. The Morgan fingerprint density at radius 1 is 0.886 bits per heavy atom. The Hall–Kier alpha value is -2.53. The number of anilines is 1. The normalized spacial score (nSPS) is 27.1. The number of benzene rings is 2. The smallest absolute Gasteiger partial charge is 0.410 e. The monoisotopic (exact) mass is 473 g/mol. The van der Waals surface area contributed by atoms with Crippen LogP contribution in [0.2, 0.25) is 0 Å². The van der Waals surface area contributed by atoms with Crippen molar-refractivity contribution in [3.05, 3.63) is 65.2 Å². The van der Waals surface area contributed by atoms with Crippen molar-refractivity contribution in [3.63, 3.8) is 0 Å². The molecule has 2 saturated heterocycles. The molecule has 3 fully saturated rings. The first-order valence-electron chi connectivity index (χ1n) is 13.8. The molecule has 3 atom stereocenters. The predicted octanol–water partition coefficient (Wildman–Crippen LogP) is 5.61. The van der Waals surface area contributed by atoms with Crippen LogP contribution in [0.3, 0.4) is 0 Å². The first-order valence-corrected chi connectivity index (χ1v) is 13.8. The van der Waals surface area contributed by atoms with Crippen molar-refractivity contribution >= 4 is 11.8 Å². The molecule has 5 heteroatoms. The van der Waals surface area contributed by atoms with Gasteiger partial charge in [-0.15, -0.1) is 0 Å². The number of fused-ring (bicyclic) bond motifs is 5. The second kappa shape index (κ2) is 9.85. The van der Waals surface area contributed by atoms with Crippen LogP contribution in [0.5, 0.6) is 0 Å². The number of ether oxygens (including phenoxy) is 1. The number of nitrogens with zero attached hydrogens (tertiary/aromatic N) is 3. The summed E-state index contributed by atoms with van der Waals surface area (Å²) in [7, 11) is 0. The van der Waals surface area contributed by atoms with Gasteiger partial charge < -0.3 is 14.5 Å². The Bertz CT molecular complexity index is 1030. The van der Waals surface area contributed by atoms with Gasteiger partial charge in [0, 0.05) is 56.9 Å². The molecule has 35 heavy (non-hydrogen) atoms. The molecule has 2 bridgehead atoms. The highest BCUT2D eigenvalue weighted by Gasteiger charge is 2.42. The molecule has 0 radical (unpaired) electrons. The third kappa shape index (κ3) is 4.55. The van der Waals surface area contributed by atoms with Crippen LogP contribution in [0.25, 0.3) is 0 Å². The Labute approximate surface area is 210 Å². The van der Waals surface area contributed by atoms with E-state index in [9.17, 15) is 4.79 Å². The maximum absolute atomic E-state index is 13.0. The van der Waals surface area contributed by atoms with Crippen LogP contribution in [0.1, 0.15) is 67.6 Å². The highest BCUT2D eigenvalue weighted by molar-refractivity contribution is 5.68. The lowest BCUT2D eigenvalue weighted by Crippen LogP contribution is -2.49. The van der Waals surface area contributed by atoms with E-state index in [1.165, 1.54) is 55.6 Å². The zero-order valence-electron chi connectivity index (χ0n) is 21.1. The van der Waals surface area contributed by atoms with E-state index in [4.69, 9.17) is 4.74 Å². The van der Waals surface area contributed by atoms with Gasteiger partial charge in [0.15, 0.2) is 0 Å². The fraction of sp³-hybridized carbons (Fsp3) is 0.567. The molecule has 1 saturated carbocycles. The number of hydrogen-bond acceptors (Lipinski definition) is 4. The topological polar surface area (TPSA) is 36.0 Å². The fourth-order valence-electron chi connectivity index (χ4n) is 7.16. The Balaban J connectivity index is 1.13. The lowest BCUT2D eigenvalue weighted by molar-refractivity contribution is 0.0950. The predicted molar refractivity (Wildman–Crippen MR) is 140 cm³/mol. The largest absolute Gasteiger partial charge is 0.445 e. The maximum atomic E-state index is 13.0. The van der Waals surface area contributed by atoms with Crippen LogP contribution < -0.4 is 4.90 Å². The second-order valence-corrected chi connectivity index (χ2v) is 11.1. The van der Waals surface area contributed by atoms with E-state index in [-0.39, 0.29) is 6.09 Å². The molecule has 0 aromatic heterocycles. The van der Waals surface area contributed by atoms with Crippen molar-refractivity contribution in [3.8, 4) is 0 Å². The van der Waals surface area contributed by atoms with Crippen molar-refractivity contribution in [1.29, 1.82) is 0 Å². The van der Waals surface area contributed by atoms with Gasteiger partial charge in [-0.3, -0.25) is 4.90 Å². The molecule has 0 N–H and O–H groups in total. The molecule has 186 valence electrons.